The minimum atomic E-state index is -0.128. The van der Waals surface area contributed by atoms with Crippen molar-refractivity contribution in [1.29, 1.82) is 0 Å². The number of rotatable bonds is 9. The van der Waals surface area contributed by atoms with Crippen LogP contribution in [0.1, 0.15) is 23.2 Å². The minimum absolute atomic E-state index is 0.0937. The van der Waals surface area contributed by atoms with Gasteiger partial charge in [-0.25, -0.2) is 0 Å². The summed E-state index contributed by atoms with van der Waals surface area (Å²) in [6, 6.07) is 16.9. The Morgan fingerprint density at radius 2 is 1.89 bits per heavy atom. The van der Waals surface area contributed by atoms with Gasteiger partial charge in [-0.05, 0) is 50.2 Å². The Hall–Kier alpha value is -2.86. The highest BCUT2D eigenvalue weighted by atomic mass is 16.5. The second-order valence-electron chi connectivity index (χ2n) is 6.78. The van der Waals surface area contributed by atoms with Gasteiger partial charge in [0, 0.05) is 23.8 Å². The molecule has 0 aliphatic heterocycles. The van der Waals surface area contributed by atoms with E-state index in [2.05, 4.69) is 10.6 Å². The SMILES string of the molecule is CN(CCOc1ccccc1)CC(=O)Nc1cccc(C(=O)NC2CC2)c1. The molecule has 2 amide bonds. The molecule has 27 heavy (non-hydrogen) atoms. The molecule has 1 aliphatic rings. The standard InChI is InChI=1S/C21H25N3O3/c1-24(12-13-27-19-8-3-2-4-9-19)15-20(25)22-18-7-5-6-16(14-18)21(26)23-17-10-11-17/h2-9,14,17H,10-13,15H2,1H3,(H,22,25)(H,23,26). The Kier molecular flexibility index (Phi) is 6.44. The van der Waals surface area contributed by atoms with E-state index in [1.54, 1.807) is 24.3 Å². The van der Waals surface area contributed by atoms with Crippen LogP contribution in [0.25, 0.3) is 0 Å². The molecular weight excluding hydrogens is 342 g/mol. The molecule has 142 valence electrons. The van der Waals surface area contributed by atoms with E-state index in [4.69, 9.17) is 4.74 Å². The Morgan fingerprint density at radius 1 is 1.11 bits per heavy atom. The second-order valence-corrected chi connectivity index (χ2v) is 6.78. The van der Waals surface area contributed by atoms with Crippen LogP contribution in [-0.4, -0.2) is 49.5 Å². The zero-order chi connectivity index (χ0) is 19.1. The molecule has 2 aromatic carbocycles. The van der Waals surface area contributed by atoms with Gasteiger partial charge in [-0.2, -0.15) is 0 Å². The number of para-hydroxylation sites is 1. The molecular formula is C21H25N3O3. The summed E-state index contributed by atoms with van der Waals surface area (Å²) in [5.41, 5.74) is 1.18. The maximum atomic E-state index is 12.2. The van der Waals surface area contributed by atoms with Gasteiger partial charge in [-0.15, -0.1) is 0 Å². The number of amides is 2. The fourth-order valence-electron chi connectivity index (χ4n) is 2.60. The summed E-state index contributed by atoms with van der Waals surface area (Å²) in [7, 11) is 1.87. The first-order valence-corrected chi connectivity index (χ1v) is 9.17. The van der Waals surface area contributed by atoms with Gasteiger partial charge in [-0.3, -0.25) is 14.5 Å². The third-order valence-corrected chi connectivity index (χ3v) is 4.22. The fraction of sp³-hybridized carbons (Fsp3) is 0.333. The molecule has 0 aromatic heterocycles. The number of ether oxygens (including phenoxy) is 1. The largest absolute Gasteiger partial charge is 0.492 e. The molecule has 3 rings (SSSR count). The van der Waals surface area contributed by atoms with E-state index in [9.17, 15) is 9.59 Å². The zero-order valence-electron chi connectivity index (χ0n) is 15.5. The minimum Gasteiger partial charge on any atom is -0.492 e. The molecule has 1 saturated carbocycles. The van der Waals surface area contributed by atoms with Crippen molar-refractivity contribution in [3.05, 3.63) is 60.2 Å². The number of nitrogens with one attached hydrogen (secondary N) is 2. The average molecular weight is 367 g/mol. The van der Waals surface area contributed by atoms with E-state index in [0.717, 1.165) is 18.6 Å². The lowest BCUT2D eigenvalue weighted by Gasteiger charge is -2.17. The molecule has 0 unspecified atom stereocenters. The van der Waals surface area contributed by atoms with Crippen molar-refractivity contribution in [3.8, 4) is 5.75 Å². The van der Waals surface area contributed by atoms with Crippen molar-refractivity contribution in [2.75, 3.05) is 32.1 Å². The summed E-state index contributed by atoms with van der Waals surface area (Å²) >= 11 is 0. The zero-order valence-corrected chi connectivity index (χ0v) is 15.5. The van der Waals surface area contributed by atoms with Gasteiger partial charge in [0.25, 0.3) is 5.91 Å². The summed E-state index contributed by atoms with van der Waals surface area (Å²) in [5, 5.41) is 5.79. The van der Waals surface area contributed by atoms with Crippen molar-refractivity contribution < 1.29 is 14.3 Å². The molecule has 1 aliphatic carbocycles. The maximum Gasteiger partial charge on any atom is 0.251 e. The Bertz CT molecular complexity index is 775. The average Bonchev–Trinajstić information content (AvgIpc) is 3.46. The highest BCUT2D eigenvalue weighted by Gasteiger charge is 2.23. The first kappa shape index (κ1) is 18.9. The van der Waals surface area contributed by atoms with E-state index < -0.39 is 0 Å². The number of hydrogen-bond donors (Lipinski definition) is 2. The lowest BCUT2D eigenvalue weighted by Crippen LogP contribution is -2.33. The van der Waals surface area contributed by atoms with Gasteiger partial charge >= 0.3 is 0 Å². The molecule has 0 atom stereocenters. The van der Waals surface area contributed by atoms with E-state index in [-0.39, 0.29) is 18.4 Å². The second kappa shape index (κ2) is 9.19. The van der Waals surface area contributed by atoms with Crippen molar-refractivity contribution in [2.24, 2.45) is 0 Å². The predicted molar refractivity (Wildman–Crippen MR) is 105 cm³/mol. The predicted octanol–water partition coefficient (Wildman–Crippen LogP) is 2.53. The Morgan fingerprint density at radius 3 is 2.63 bits per heavy atom. The highest BCUT2D eigenvalue weighted by Crippen LogP contribution is 2.20. The third kappa shape index (κ3) is 6.42. The van der Waals surface area contributed by atoms with E-state index in [1.807, 2.05) is 42.3 Å². The first-order chi connectivity index (χ1) is 13.1. The lowest BCUT2D eigenvalue weighted by atomic mass is 10.2. The van der Waals surface area contributed by atoms with Crippen LogP contribution >= 0.6 is 0 Å². The summed E-state index contributed by atoms with van der Waals surface area (Å²) in [6.45, 7) is 1.38. The van der Waals surface area contributed by atoms with Crippen LogP contribution in [0.3, 0.4) is 0 Å². The number of anilines is 1. The third-order valence-electron chi connectivity index (χ3n) is 4.22. The van der Waals surface area contributed by atoms with Crippen molar-refractivity contribution in [2.45, 2.75) is 18.9 Å². The Labute approximate surface area is 159 Å². The van der Waals surface area contributed by atoms with Crippen LogP contribution < -0.4 is 15.4 Å². The molecule has 0 bridgehead atoms. The molecule has 6 heteroatoms. The summed E-state index contributed by atoms with van der Waals surface area (Å²) in [4.78, 5) is 26.2. The van der Waals surface area contributed by atoms with Crippen LogP contribution in [0.15, 0.2) is 54.6 Å². The van der Waals surface area contributed by atoms with Gasteiger partial charge in [0.2, 0.25) is 5.91 Å². The van der Waals surface area contributed by atoms with E-state index >= 15 is 0 Å². The fourth-order valence-corrected chi connectivity index (χ4v) is 2.60. The number of likely N-dealkylation sites (N-methyl/N-ethyl adjacent to an activating group) is 1. The molecule has 0 saturated heterocycles. The Balaban J connectivity index is 1.42. The maximum absolute atomic E-state index is 12.2. The molecule has 1 fully saturated rings. The molecule has 0 heterocycles. The van der Waals surface area contributed by atoms with Crippen LogP contribution in [0, 0.1) is 0 Å². The number of nitrogens with zero attached hydrogens (tertiary/aromatic N) is 1. The van der Waals surface area contributed by atoms with Gasteiger partial charge in [0.15, 0.2) is 0 Å². The van der Waals surface area contributed by atoms with Gasteiger partial charge in [0.1, 0.15) is 12.4 Å². The quantitative estimate of drug-likeness (QED) is 0.715. The van der Waals surface area contributed by atoms with Gasteiger partial charge < -0.3 is 15.4 Å². The lowest BCUT2D eigenvalue weighted by molar-refractivity contribution is -0.117. The molecule has 0 spiro atoms. The first-order valence-electron chi connectivity index (χ1n) is 9.17. The van der Waals surface area contributed by atoms with Gasteiger partial charge in [0.05, 0.1) is 6.54 Å². The van der Waals surface area contributed by atoms with Crippen LogP contribution in [0.5, 0.6) is 5.75 Å². The summed E-state index contributed by atoms with van der Waals surface area (Å²) in [5.74, 6) is 0.595. The summed E-state index contributed by atoms with van der Waals surface area (Å²) < 4.78 is 5.64. The number of carbonyl (C=O) groups excluding carboxylic acids is 2. The molecule has 6 nitrogen and oxygen atoms in total. The smallest absolute Gasteiger partial charge is 0.251 e. The van der Waals surface area contributed by atoms with Gasteiger partial charge in [-0.1, -0.05) is 24.3 Å². The number of carbonyl (C=O) groups is 2. The van der Waals surface area contributed by atoms with Crippen LogP contribution in [0.2, 0.25) is 0 Å². The molecule has 2 N–H and O–H groups in total. The van der Waals surface area contributed by atoms with E-state index in [1.165, 1.54) is 0 Å². The van der Waals surface area contributed by atoms with Crippen molar-refractivity contribution in [1.82, 2.24) is 10.2 Å². The van der Waals surface area contributed by atoms with Crippen molar-refractivity contribution in [3.63, 3.8) is 0 Å². The van der Waals surface area contributed by atoms with Crippen molar-refractivity contribution >= 4 is 17.5 Å². The number of hydrogen-bond acceptors (Lipinski definition) is 4. The molecule has 2 aromatic rings. The number of benzene rings is 2. The van der Waals surface area contributed by atoms with Crippen LogP contribution in [-0.2, 0) is 4.79 Å². The monoisotopic (exact) mass is 367 g/mol. The topological polar surface area (TPSA) is 70.7 Å². The molecule has 0 radical (unpaired) electrons. The van der Waals surface area contributed by atoms with Crippen LogP contribution in [0.4, 0.5) is 5.69 Å². The highest BCUT2D eigenvalue weighted by molar-refractivity contribution is 5.97. The summed E-state index contributed by atoms with van der Waals surface area (Å²) in [6.07, 6.45) is 2.09. The van der Waals surface area contributed by atoms with E-state index in [0.29, 0.717) is 30.4 Å². The normalized spacial score (nSPS) is 13.3.